The van der Waals surface area contributed by atoms with Crippen LogP contribution in [-0.4, -0.2) is 16.5 Å². The van der Waals surface area contributed by atoms with Crippen LogP contribution in [0.3, 0.4) is 0 Å². The third kappa shape index (κ3) is 3.48. The number of hydrogen-bond acceptors (Lipinski definition) is 4. The number of anilines is 3. The highest BCUT2D eigenvalue weighted by Gasteiger charge is 2.08. The molecule has 0 radical (unpaired) electrons. The summed E-state index contributed by atoms with van der Waals surface area (Å²) in [5, 5.41) is 7.25. The van der Waals surface area contributed by atoms with E-state index in [0.717, 1.165) is 38.0 Å². The summed E-state index contributed by atoms with van der Waals surface area (Å²) >= 11 is 8.19. The summed E-state index contributed by atoms with van der Waals surface area (Å²) in [5.74, 6) is 1.65. The molecule has 0 unspecified atom stereocenters. The summed E-state index contributed by atoms with van der Waals surface area (Å²) in [4.78, 5) is 8.50. The van der Waals surface area contributed by atoms with Crippen LogP contribution in [0.4, 0.5) is 17.3 Å². The minimum absolute atomic E-state index is 0.725. The fraction of sp³-hybridized carbons (Fsp3) is 0.231. The molecule has 2 N–H and O–H groups in total. The van der Waals surface area contributed by atoms with E-state index in [1.165, 1.54) is 0 Å². The van der Waals surface area contributed by atoms with Crippen molar-refractivity contribution in [1.29, 1.82) is 0 Å². The summed E-state index contributed by atoms with van der Waals surface area (Å²) < 4.78 is 1.05. The highest BCUT2D eigenvalue weighted by molar-refractivity contribution is 14.1. The fourth-order valence-corrected chi connectivity index (χ4v) is 2.65. The molecule has 0 aliphatic carbocycles. The van der Waals surface area contributed by atoms with Crippen molar-refractivity contribution in [3.63, 3.8) is 0 Å². The lowest BCUT2D eigenvalue weighted by molar-refractivity contribution is 1.08. The van der Waals surface area contributed by atoms with Gasteiger partial charge in [-0.05, 0) is 54.6 Å². The van der Waals surface area contributed by atoms with Gasteiger partial charge in [-0.2, -0.15) is 0 Å². The van der Waals surface area contributed by atoms with Crippen molar-refractivity contribution < 1.29 is 0 Å². The van der Waals surface area contributed by atoms with Gasteiger partial charge in [0.05, 0.1) is 5.69 Å². The van der Waals surface area contributed by atoms with Crippen LogP contribution >= 0.6 is 34.2 Å². The Morgan fingerprint density at radius 2 is 2.00 bits per heavy atom. The van der Waals surface area contributed by atoms with Crippen molar-refractivity contribution in [2.75, 3.05) is 17.2 Å². The van der Waals surface area contributed by atoms with Crippen LogP contribution in [0.25, 0.3) is 0 Å². The lowest BCUT2D eigenvalue weighted by Gasteiger charge is -2.13. The predicted octanol–water partition coefficient (Wildman–Crippen LogP) is 4.22. The molecule has 4 nitrogen and oxygen atoms in total. The Morgan fingerprint density at radius 3 is 2.68 bits per heavy atom. The maximum absolute atomic E-state index is 5.95. The second kappa shape index (κ2) is 6.38. The van der Waals surface area contributed by atoms with Gasteiger partial charge in [0.15, 0.2) is 0 Å². The first-order valence-corrected chi connectivity index (χ1v) is 7.35. The number of hydrogen-bond donors (Lipinski definition) is 2. The molecule has 1 aromatic heterocycles. The number of nitrogens with zero attached hydrogens (tertiary/aromatic N) is 2. The number of rotatable bonds is 4. The standard InChI is InChI=1S/C13H14ClIN4/c1-3-16-12-8(2)13(18-7-17-12)19-11-5-4-9(14)6-10(11)15/h4-7H,3H2,1-2H3,(H2,16,17,18,19). The summed E-state index contributed by atoms with van der Waals surface area (Å²) in [7, 11) is 0. The Balaban J connectivity index is 2.30. The van der Waals surface area contributed by atoms with E-state index >= 15 is 0 Å². The Labute approximate surface area is 131 Å². The zero-order valence-corrected chi connectivity index (χ0v) is 13.6. The molecule has 1 aromatic carbocycles. The molecular formula is C13H14ClIN4. The molecule has 6 heteroatoms. The molecule has 1 heterocycles. The monoisotopic (exact) mass is 388 g/mol. The van der Waals surface area contributed by atoms with E-state index < -0.39 is 0 Å². The van der Waals surface area contributed by atoms with Crippen LogP contribution in [0.15, 0.2) is 24.5 Å². The lowest BCUT2D eigenvalue weighted by atomic mass is 10.2. The number of benzene rings is 1. The van der Waals surface area contributed by atoms with E-state index in [1.807, 2.05) is 32.0 Å². The van der Waals surface area contributed by atoms with Gasteiger partial charge in [0, 0.05) is 20.7 Å². The van der Waals surface area contributed by atoms with E-state index in [9.17, 15) is 0 Å². The quantitative estimate of drug-likeness (QED) is 0.770. The average Bonchev–Trinajstić information content (AvgIpc) is 2.37. The maximum atomic E-state index is 5.95. The highest BCUT2D eigenvalue weighted by Crippen LogP contribution is 2.27. The van der Waals surface area contributed by atoms with E-state index in [4.69, 9.17) is 11.6 Å². The number of nitrogens with one attached hydrogen (secondary N) is 2. The molecule has 0 aliphatic rings. The summed E-state index contributed by atoms with van der Waals surface area (Å²) in [6.07, 6.45) is 1.55. The molecule has 100 valence electrons. The molecule has 0 amide bonds. The molecule has 0 spiro atoms. The van der Waals surface area contributed by atoms with Gasteiger partial charge >= 0.3 is 0 Å². The van der Waals surface area contributed by atoms with Gasteiger partial charge < -0.3 is 10.6 Å². The predicted molar refractivity (Wildman–Crippen MR) is 88.4 cm³/mol. The summed E-state index contributed by atoms with van der Waals surface area (Å²) in [6.45, 7) is 4.86. The first-order valence-electron chi connectivity index (χ1n) is 5.89. The molecule has 0 fully saturated rings. The third-order valence-electron chi connectivity index (χ3n) is 2.61. The molecule has 2 rings (SSSR count). The van der Waals surface area contributed by atoms with Crippen LogP contribution in [0, 0.1) is 10.5 Å². The molecule has 0 atom stereocenters. The smallest absolute Gasteiger partial charge is 0.138 e. The zero-order chi connectivity index (χ0) is 13.8. The van der Waals surface area contributed by atoms with Crippen molar-refractivity contribution in [3.8, 4) is 0 Å². The zero-order valence-electron chi connectivity index (χ0n) is 10.7. The maximum Gasteiger partial charge on any atom is 0.138 e. The molecule has 0 aliphatic heterocycles. The van der Waals surface area contributed by atoms with E-state index in [1.54, 1.807) is 6.33 Å². The first-order chi connectivity index (χ1) is 9.11. The van der Waals surface area contributed by atoms with Crippen LogP contribution in [-0.2, 0) is 0 Å². The van der Waals surface area contributed by atoms with Crippen LogP contribution in [0.1, 0.15) is 12.5 Å². The Kier molecular flexibility index (Phi) is 4.81. The summed E-state index contributed by atoms with van der Waals surface area (Å²) in [5.41, 5.74) is 1.98. The van der Waals surface area contributed by atoms with E-state index in [2.05, 4.69) is 43.2 Å². The first kappa shape index (κ1) is 14.3. The van der Waals surface area contributed by atoms with Gasteiger partial charge in [-0.25, -0.2) is 9.97 Å². The minimum atomic E-state index is 0.725. The Bertz CT molecular complexity index is 589. The molecule has 19 heavy (non-hydrogen) atoms. The molecule has 2 aromatic rings. The fourth-order valence-electron chi connectivity index (χ4n) is 1.64. The van der Waals surface area contributed by atoms with Crippen molar-refractivity contribution >= 4 is 51.5 Å². The Hall–Kier alpha value is -1.08. The van der Waals surface area contributed by atoms with Crippen LogP contribution in [0.2, 0.25) is 5.02 Å². The van der Waals surface area contributed by atoms with E-state index in [0.29, 0.717) is 0 Å². The van der Waals surface area contributed by atoms with Gasteiger partial charge in [-0.1, -0.05) is 11.6 Å². The average molecular weight is 389 g/mol. The second-order valence-electron chi connectivity index (χ2n) is 3.98. The lowest BCUT2D eigenvalue weighted by Crippen LogP contribution is -2.05. The Morgan fingerprint density at radius 1 is 1.26 bits per heavy atom. The molecule has 0 bridgehead atoms. The normalized spacial score (nSPS) is 10.3. The van der Waals surface area contributed by atoms with Gasteiger partial charge in [0.1, 0.15) is 18.0 Å². The third-order valence-corrected chi connectivity index (χ3v) is 3.74. The van der Waals surface area contributed by atoms with Crippen molar-refractivity contribution in [1.82, 2.24) is 9.97 Å². The van der Waals surface area contributed by atoms with Crippen molar-refractivity contribution in [2.45, 2.75) is 13.8 Å². The minimum Gasteiger partial charge on any atom is -0.370 e. The molecular weight excluding hydrogens is 375 g/mol. The number of aromatic nitrogens is 2. The van der Waals surface area contributed by atoms with Crippen LogP contribution < -0.4 is 10.6 Å². The van der Waals surface area contributed by atoms with Gasteiger partial charge in [-0.3, -0.25) is 0 Å². The molecule has 0 saturated heterocycles. The van der Waals surface area contributed by atoms with Crippen LogP contribution in [0.5, 0.6) is 0 Å². The largest absolute Gasteiger partial charge is 0.370 e. The number of halogens is 2. The highest BCUT2D eigenvalue weighted by atomic mass is 127. The van der Waals surface area contributed by atoms with E-state index in [-0.39, 0.29) is 0 Å². The molecule has 0 saturated carbocycles. The van der Waals surface area contributed by atoms with Crippen molar-refractivity contribution in [2.24, 2.45) is 0 Å². The van der Waals surface area contributed by atoms with Gasteiger partial charge in [0.25, 0.3) is 0 Å². The second-order valence-corrected chi connectivity index (χ2v) is 5.57. The topological polar surface area (TPSA) is 49.8 Å². The van der Waals surface area contributed by atoms with Crippen molar-refractivity contribution in [3.05, 3.63) is 38.7 Å². The summed E-state index contributed by atoms with van der Waals surface area (Å²) in [6, 6.07) is 5.71. The van der Waals surface area contributed by atoms with Gasteiger partial charge in [-0.15, -0.1) is 0 Å². The van der Waals surface area contributed by atoms with Gasteiger partial charge in [0.2, 0.25) is 0 Å². The SMILES string of the molecule is CCNc1ncnc(Nc2ccc(Cl)cc2I)c1C.